The van der Waals surface area contributed by atoms with Gasteiger partial charge >= 0.3 is 0 Å². The second-order valence-electron chi connectivity index (χ2n) is 4.76. The number of fused-ring (bicyclic) bond motifs is 1. The van der Waals surface area contributed by atoms with E-state index in [2.05, 4.69) is 27.4 Å². The molecule has 0 spiro atoms. The second kappa shape index (κ2) is 2.35. The maximum absolute atomic E-state index is 5.66. The minimum absolute atomic E-state index is 0.0748. The number of ether oxygens (including phenoxy) is 1. The second-order valence-corrected chi connectivity index (χ2v) is 4.76. The van der Waals surface area contributed by atoms with Crippen molar-refractivity contribution in [3.63, 3.8) is 0 Å². The van der Waals surface area contributed by atoms with Crippen LogP contribution in [0.5, 0.6) is 0 Å². The molecule has 0 aromatic carbocycles. The van der Waals surface area contributed by atoms with Gasteiger partial charge < -0.3 is 4.74 Å². The van der Waals surface area contributed by atoms with E-state index < -0.39 is 0 Å². The molecule has 2 fully saturated rings. The lowest BCUT2D eigenvalue weighted by molar-refractivity contribution is 0.310. The molecule has 0 bridgehead atoms. The van der Waals surface area contributed by atoms with Gasteiger partial charge in [0.1, 0.15) is 5.60 Å². The van der Waals surface area contributed by atoms with Crippen LogP contribution in [0.2, 0.25) is 0 Å². The van der Waals surface area contributed by atoms with Crippen molar-refractivity contribution in [3.05, 3.63) is 12.2 Å². The Labute approximate surface area is 74.8 Å². The molecule has 1 saturated heterocycles. The Hall–Kier alpha value is -0.300. The van der Waals surface area contributed by atoms with Gasteiger partial charge in [-0.15, -0.1) is 0 Å². The fourth-order valence-electron chi connectivity index (χ4n) is 2.23. The van der Waals surface area contributed by atoms with Crippen LogP contribution >= 0.6 is 0 Å². The summed E-state index contributed by atoms with van der Waals surface area (Å²) in [5, 5.41) is 0. The molecule has 1 heteroatoms. The van der Waals surface area contributed by atoms with Crippen molar-refractivity contribution in [3.8, 4) is 0 Å². The van der Waals surface area contributed by atoms with Crippen molar-refractivity contribution in [2.45, 2.75) is 45.3 Å². The van der Waals surface area contributed by atoms with Gasteiger partial charge in [0.25, 0.3) is 0 Å². The van der Waals surface area contributed by atoms with Crippen molar-refractivity contribution in [1.82, 2.24) is 0 Å². The first-order chi connectivity index (χ1) is 5.54. The van der Waals surface area contributed by atoms with Gasteiger partial charge in [0, 0.05) is 0 Å². The van der Waals surface area contributed by atoms with Crippen LogP contribution in [0.25, 0.3) is 0 Å². The highest BCUT2D eigenvalue weighted by Crippen LogP contribution is 2.53. The maximum atomic E-state index is 5.66. The molecular weight excluding hydrogens is 148 g/mol. The van der Waals surface area contributed by atoms with Crippen molar-refractivity contribution >= 4 is 0 Å². The number of hydrogen-bond donors (Lipinski definition) is 0. The summed E-state index contributed by atoms with van der Waals surface area (Å²) in [5.74, 6) is 1.58. The molecule has 1 heterocycles. The minimum atomic E-state index is 0.0748. The quantitative estimate of drug-likeness (QED) is 0.431. The van der Waals surface area contributed by atoms with Gasteiger partial charge in [-0.3, -0.25) is 0 Å². The van der Waals surface area contributed by atoms with E-state index in [0.717, 1.165) is 11.8 Å². The summed E-state index contributed by atoms with van der Waals surface area (Å²) >= 11 is 0. The van der Waals surface area contributed by atoms with E-state index in [0.29, 0.717) is 6.10 Å². The molecule has 1 unspecified atom stereocenters. The lowest BCUT2D eigenvalue weighted by Crippen LogP contribution is -2.26. The van der Waals surface area contributed by atoms with E-state index in [-0.39, 0.29) is 5.60 Å². The van der Waals surface area contributed by atoms with Gasteiger partial charge in [-0.05, 0) is 37.2 Å². The smallest absolute Gasteiger partial charge is 0.113 e. The van der Waals surface area contributed by atoms with Gasteiger partial charge in [-0.1, -0.05) is 20.4 Å². The molecule has 0 aromatic heterocycles. The van der Waals surface area contributed by atoms with Gasteiger partial charge in [0.2, 0.25) is 0 Å². The SMILES string of the molecule is C=C1C[C@H](C(C)C)CC2O[C@]12C. The minimum Gasteiger partial charge on any atom is -0.362 e. The van der Waals surface area contributed by atoms with Crippen LogP contribution < -0.4 is 0 Å². The highest BCUT2D eigenvalue weighted by Gasteiger charge is 2.57. The van der Waals surface area contributed by atoms with Crippen molar-refractivity contribution in [1.29, 1.82) is 0 Å². The molecule has 1 saturated carbocycles. The Morgan fingerprint density at radius 2 is 2.25 bits per heavy atom. The molecule has 2 aliphatic rings. The Morgan fingerprint density at radius 1 is 1.58 bits per heavy atom. The fourth-order valence-corrected chi connectivity index (χ4v) is 2.23. The summed E-state index contributed by atoms with van der Waals surface area (Å²) in [6.45, 7) is 10.9. The Balaban J connectivity index is 2.07. The normalized spacial score (nSPS) is 46.2. The molecule has 1 aliphatic heterocycles. The van der Waals surface area contributed by atoms with Crippen LogP contribution in [0.1, 0.15) is 33.6 Å². The van der Waals surface area contributed by atoms with E-state index in [1.807, 2.05) is 0 Å². The summed E-state index contributed by atoms with van der Waals surface area (Å²) in [5.41, 5.74) is 1.39. The largest absolute Gasteiger partial charge is 0.362 e. The lowest BCUT2D eigenvalue weighted by Gasteiger charge is -2.27. The van der Waals surface area contributed by atoms with Gasteiger partial charge in [-0.25, -0.2) is 0 Å². The van der Waals surface area contributed by atoms with Crippen LogP contribution in [-0.2, 0) is 4.74 Å². The van der Waals surface area contributed by atoms with E-state index in [9.17, 15) is 0 Å². The molecule has 0 amide bonds. The molecular formula is C11H18O. The number of rotatable bonds is 1. The van der Waals surface area contributed by atoms with E-state index in [1.54, 1.807) is 0 Å². The third-order valence-corrected chi connectivity index (χ3v) is 3.61. The van der Waals surface area contributed by atoms with E-state index in [1.165, 1.54) is 18.4 Å². The molecule has 0 aromatic rings. The molecule has 0 radical (unpaired) electrons. The van der Waals surface area contributed by atoms with Crippen molar-refractivity contribution in [2.24, 2.45) is 11.8 Å². The third kappa shape index (κ3) is 1.03. The monoisotopic (exact) mass is 166 g/mol. The zero-order valence-corrected chi connectivity index (χ0v) is 8.26. The predicted octanol–water partition coefficient (Wildman–Crippen LogP) is 2.77. The molecule has 12 heavy (non-hydrogen) atoms. The predicted molar refractivity (Wildman–Crippen MR) is 50.0 cm³/mol. The van der Waals surface area contributed by atoms with Crippen molar-refractivity contribution in [2.75, 3.05) is 0 Å². The lowest BCUT2D eigenvalue weighted by atomic mass is 9.75. The third-order valence-electron chi connectivity index (χ3n) is 3.61. The number of hydrogen-bond acceptors (Lipinski definition) is 1. The number of epoxide rings is 1. The summed E-state index contributed by atoms with van der Waals surface area (Å²) in [6, 6.07) is 0. The first kappa shape index (κ1) is 8.31. The summed E-state index contributed by atoms with van der Waals surface area (Å²) in [7, 11) is 0. The molecule has 1 aliphatic carbocycles. The Bertz CT molecular complexity index is 219. The highest BCUT2D eigenvalue weighted by atomic mass is 16.6. The molecule has 1 nitrogen and oxygen atoms in total. The average molecular weight is 166 g/mol. The topological polar surface area (TPSA) is 12.5 Å². The first-order valence-electron chi connectivity index (χ1n) is 4.90. The Kier molecular flexibility index (Phi) is 1.63. The van der Waals surface area contributed by atoms with Crippen LogP contribution in [0.15, 0.2) is 12.2 Å². The van der Waals surface area contributed by atoms with Gasteiger partial charge in [-0.2, -0.15) is 0 Å². The first-order valence-corrected chi connectivity index (χ1v) is 4.90. The standard InChI is InChI=1S/C11H18O/c1-7(2)9-5-8(3)11(4)10(6-9)12-11/h7,9-10H,3,5-6H2,1-2,4H3/t9-,10?,11+/m0/s1. The fraction of sp³-hybridized carbons (Fsp3) is 0.818. The molecule has 2 rings (SSSR count). The Morgan fingerprint density at radius 3 is 2.75 bits per heavy atom. The van der Waals surface area contributed by atoms with Crippen molar-refractivity contribution < 1.29 is 4.74 Å². The molecule has 3 atom stereocenters. The molecule has 0 N–H and O–H groups in total. The van der Waals surface area contributed by atoms with Crippen LogP contribution in [0.3, 0.4) is 0 Å². The van der Waals surface area contributed by atoms with E-state index >= 15 is 0 Å². The highest BCUT2D eigenvalue weighted by molar-refractivity contribution is 5.27. The summed E-state index contributed by atoms with van der Waals surface area (Å²) in [6.07, 6.45) is 2.91. The zero-order valence-electron chi connectivity index (χ0n) is 8.26. The summed E-state index contributed by atoms with van der Waals surface area (Å²) in [4.78, 5) is 0. The average Bonchev–Trinajstić information content (AvgIpc) is 2.62. The maximum Gasteiger partial charge on any atom is 0.113 e. The summed E-state index contributed by atoms with van der Waals surface area (Å²) < 4.78 is 5.66. The van der Waals surface area contributed by atoms with Crippen LogP contribution in [0.4, 0.5) is 0 Å². The van der Waals surface area contributed by atoms with E-state index in [4.69, 9.17) is 4.74 Å². The zero-order chi connectivity index (χ0) is 8.93. The van der Waals surface area contributed by atoms with Crippen LogP contribution in [0, 0.1) is 11.8 Å². The van der Waals surface area contributed by atoms with Gasteiger partial charge in [0.15, 0.2) is 0 Å². The molecule has 68 valence electrons. The van der Waals surface area contributed by atoms with Gasteiger partial charge in [0.05, 0.1) is 6.10 Å². The van der Waals surface area contributed by atoms with Crippen LogP contribution in [-0.4, -0.2) is 11.7 Å².